The van der Waals surface area contributed by atoms with E-state index in [-0.39, 0.29) is 0 Å². The third kappa shape index (κ3) is 5.64. The van der Waals surface area contributed by atoms with Gasteiger partial charge in [0.2, 0.25) is 0 Å². The first-order chi connectivity index (χ1) is 6.54. The van der Waals surface area contributed by atoms with Gasteiger partial charge in [0, 0.05) is 0 Å². The van der Waals surface area contributed by atoms with E-state index in [0.717, 1.165) is 12.5 Å². The van der Waals surface area contributed by atoms with Crippen molar-refractivity contribution in [1.82, 2.24) is 5.32 Å². The van der Waals surface area contributed by atoms with Gasteiger partial charge in [-0.25, -0.2) is 0 Å². The van der Waals surface area contributed by atoms with Gasteiger partial charge in [0.15, 0.2) is 0 Å². The zero-order valence-electron chi connectivity index (χ0n) is 10.8. The van der Waals surface area contributed by atoms with Crippen LogP contribution in [-0.2, 0) is 0 Å². The molecule has 0 rings (SSSR count). The maximum Gasteiger partial charge on any atom is -0.00437 e. The molecule has 1 unspecified atom stereocenters. The average Bonchev–Trinajstić information content (AvgIpc) is 2.13. The average molecular weight is 199 g/mol. The van der Waals surface area contributed by atoms with E-state index in [9.17, 15) is 0 Å². The molecule has 0 aromatic heterocycles. The molecule has 1 N–H and O–H groups in total. The molecule has 0 saturated heterocycles. The molecule has 86 valence electrons. The molecule has 0 aliphatic heterocycles. The molecule has 0 heterocycles. The molecule has 0 aliphatic carbocycles. The van der Waals surface area contributed by atoms with Crippen LogP contribution in [0, 0.1) is 11.3 Å². The molecule has 1 nitrogen and oxygen atoms in total. The second-order valence-electron chi connectivity index (χ2n) is 5.18. The van der Waals surface area contributed by atoms with E-state index in [2.05, 4.69) is 39.9 Å². The van der Waals surface area contributed by atoms with Gasteiger partial charge >= 0.3 is 0 Å². The fourth-order valence-electron chi connectivity index (χ4n) is 1.78. The van der Waals surface area contributed by atoms with E-state index in [0.29, 0.717) is 5.41 Å². The van der Waals surface area contributed by atoms with Gasteiger partial charge in [-0.15, -0.1) is 0 Å². The summed E-state index contributed by atoms with van der Waals surface area (Å²) in [7, 11) is 0. The Morgan fingerprint density at radius 1 is 1.07 bits per heavy atom. The van der Waals surface area contributed by atoms with Crippen molar-refractivity contribution in [3.8, 4) is 0 Å². The third-order valence-corrected chi connectivity index (χ3v) is 3.43. The van der Waals surface area contributed by atoms with Crippen LogP contribution in [0.25, 0.3) is 0 Å². The Kier molecular flexibility index (Phi) is 7.26. The number of nitrogens with one attached hydrogen (secondary N) is 1. The second-order valence-corrected chi connectivity index (χ2v) is 5.18. The molecule has 14 heavy (non-hydrogen) atoms. The van der Waals surface area contributed by atoms with Crippen LogP contribution >= 0.6 is 0 Å². The van der Waals surface area contributed by atoms with Crippen LogP contribution in [-0.4, -0.2) is 13.1 Å². The monoisotopic (exact) mass is 199 g/mol. The predicted molar refractivity (Wildman–Crippen MR) is 65.6 cm³/mol. The van der Waals surface area contributed by atoms with Gasteiger partial charge in [-0.3, -0.25) is 0 Å². The van der Waals surface area contributed by atoms with E-state index < -0.39 is 0 Å². The van der Waals surface area contributed by atoms with Gasteiger partial charge in [0.25, 0.3) is 0 Å². The highest BCUT2D eigenvalue weighted by Crippen LogP contribution is 2.32. The van der Waals surface area contributed by atoms with Gasteiger partial charge in [-0.05, 0) is 37.3 Å². The van der Waals surface area contributed by atoms with Crippen LogP contribution in [0.1, 0.15) is 60.3 Å². The van der Waals surface area contributed by atoms with Crippen molar-refractivity contribution in [2.75, 3.05) is 13.1 Å². The molecule has 0 aromatic carbocycles. The van der Waals surface area contributed by atoms with E-state index in [1.165, 1.54) is 32.2 Å². The molecule has 0 spiro atoms. The molecule has 0 aromatic rings. The third-order valence-electron chi connectivity index (χ3n) is 3.43. The zero-order valence-corrected chi connectivity index (χ0v) is 10.8. The molecule has 0 bridgehead atoms. The zero-order chi connectivity index (χ0) is 11.0. The summed E-state index contributed by atoms with van der Waals surface area (Å²) in [4.78, 5) is 0. The molecule has 1 atom stereocenters. The van der Waals surface area contributed by atoms with Crippen LogP contribution in [0.2, 0.25) is 0 Å². The summed E-state index contributed by atoms with van der Waals surface area (Å²) in [6, 6.07) is 0. The van der Waals surface area contributed by atoms with Crippen molar-refractivity contribution in [3.05, 3.63) is 0 Å². The lowest BCUT2D eigenvalue weighted by molar-refractivity contribution is 0.197. The smallest absolute Gasteiger partial charge is 0.00437 e. The Bertz CT molecular complexity index is 129. The van der Waals surface area contributed by atoms with Crippen molar-refractivity contribution in [1.29, 1.82) is 0 Å². The van der Waals surface area contributed by atoms with Gasteiger partial charge in [0.1, 0.15) is 0 Å². The Hall–Kier alpha value is -0.0400. The second kappa shape index (κ2) is 7.28. The molecule has 0 saturated carbocycles. The van der Waals surface area contributed by atoms with E-state index in [1.54, 1.807) is 0 Å². The van der Waals surface area contributed by atoms with Crippen LogP contribution in [0.15, 0.2) is 0 Å². The number of hydrogen-bond donors (Lipinski definition) is 1. The molecule has 0 aliphatic rings. The van der Waals surface area contributed by atoms with Gasteiger partial charge < -0.3 is 5.32 Å². The normalized spacial score (nSPS) is 14.4. The van der Waals surface area contributed by atoms with Crippen molar-refractivity contribution in [3.63, 3.8) is 0 Å². The van der Waals surface area contributed by atoms with E-state index in [1.807, 2.05) is 0 Å². The van der Waals surface area contributed by atoms with Crippen LogP contribution in [0.5, 0.6) is 0 Å². The van der Waals surface area contributed by atoms with Crippen LogP contribution < -0.4 is 5.32 Å². The largest absolute Gasteiger partial charge is 0.317 e. The number of rotatable bonds is 8. The predicted octanol–water partition coefficient (Wildman–Crippen LogP) is 3.84. The van der Waals surface area contributed by atoms with Crippen molar-refractivity contribution < 1.29 is 0 Å². The van der Waals surface area contributed by atoms with E-state index in [4.69, 9.17) is 0 Å². The maximum absolute atomic E-state index is 3.49. The molecule has 1 heteroatoms. The minimum atomic E-state index is 0.497. The summed E-state index contributed by atoms with van der Waals surface area (Å²) in [5, 5.41) is 3.49. The Morgan fingerprint density at radius 2 is 1.71 bits per heavy atom. The summed E-state index contributed by atoms with van der Waals surface area (Å²) in [6.45, 7) is 14.0. The van der Waals surface area contributed by atoms with Crippen LogP contribution in [0.3, 0.4) is 0 Å². The highest BCUT2D eigenvalue weighted by molar-refractivity contribution is 4.75. The highest BCUT2D eigenvalue weighted by atomic mass is 14.8. The lowest BCUT2D eigenvalue weighted by atomic mass is 9.75. The van der Waals surface area contributed by atoms with Gasteiger partial charge in [0.05, 0.1) is 0 Å². The first kappa shape index (κ1) is 14.0. The molecule has 0 amide bonds. The molecule has 0 fully saturated rings. The minimum absolute atomic E-state index is 0.497. The maximum atomic E-state index is 3.49. The SMILES string of the molecule is CCCNCCC(C)(C)C(C)CCC. The fraction of sp³-hybridized carbons (Fsp3) is 1.00. The lowest BCUT2D eigenvalue weighted by Crippen LogP contribution is -2.27. The molecular weight excluding hydrogens is 170 g/mol. The van der Waals surface area contributed by atoms with Crippen molar-refractivity contribution in [2.24, 2.45) is 11.3 Å². The Balaban J connectivity index is 3.69. The summed E-state index contributed by atoms with van der Waals surface area (Å²) >= 11 is 0. The first-order valence-electron chi connectivity index (χ1n) is 6.25. The topological polar surface area (TPSA) is 12.0 Å². The summed E-state index contributed by atoms with van der Waals surface area (Å²) in [6.07, 6.45) is 5.22. The van der Waals surface area contributed by atoms with Gasteiger partial charge in [-0.2, -0.15) is 0 Å². The van der Waals surface area contributed by atoms with Crippen molar-refractivity contribution in [2.45, 2.75) is 60.3 Å². The van der Waals surface area contributed by atoms with E-state index >= 15 is 0 Å². The number of hydrogen-bond acceptors (Lipinski definition) is 1. The van der Waals surface area contributed by atoms with Crippen LogP contribution in [0.4, 0.5) is 0 Å². The lowest BCUT2D eigenvalue weighted by Gasteiger charge is -2.32. The van der Waals surface area contributed by atoms with Gasteiger partial charge in [-0.1, -0.05) is 47.5 Å². The Labute approximate surface area is 90.7 Å². The fourth-order valence-corrected chi connectivity index (χ4v) is 1.78. The highest BCUT2D eigenvalue weighted by Gasteiger charge is 2.24. The first-order valence-corrected chi connectivity index (χ1v) is 6.25. The summed E-state index contributed by atoms with van der Waals surface area (Å²) in [5.74, 6) is 0.843. The summed E-state index contributed by atoms with van der Waals surface area (Å²) < 4.78 is 0. The molecule has 0 radical (unpaired) electrons. The quantitative estimate of drug-likeness (QED) is 0.586. The standard InChI is InChI=1S/C13H29N/c1-6-8-12(3)13(4,5)9-11-14-10-7-2/h12,14H,6-11H2,1-5H3. The Morgan fingerprint density at radius 3 is 2.21 bits per heavy atom. The minimum Gasteiger partial charge on any atom is -0.317 e. The summed E-state index contributed by atoms with van der Waals surface area (Å²) in [5.41, 5.74) is 0.497. The molecular formula is C13H29N. The van der Waals surface area contributed by atoms with Crippen molar-refractivity contribution >= 4 is 0 Å².